The Morgan fingerprint density at radius 2 is 1.75 bits per heavy atom. The molecule has 1 aromatic rings. The minimum absolute atomic E-state index is 0.116. The molecule has 0 saturated carbocycles. The van der Waals surface area contributed by atoms with Crippen molar-refractivity contribution in [3.63, 3.8) is 0 Å². The third-order valence-electron chi connectivity index (χ3n) is 4.61. The van der Waals surface area contributed by atoms with Crippen LogP contribution in [0.5, 0.6) is 0 Å². The van der Waals surface area contributed by atoms with Crippen LogP contribution in [0.4, 0.5) is 11.4 Å². The molecular formula is C18H20N2O4. The van der Waals surface area contributed by atoms with E-state index >= 15 is 0 Å². The SMILES string of the molecule is O=C(Nc1ccc(N2CCCC2=O)cc1)[C@H]1CC=CC[C@H]1C(=O)O. The molecule has 1 saturated heterocycles. The van der Waals surface area contributed by atoms with E-state index in [4.69, 9.17) is 0 Å². The van der Waals surface area contributed by atoms with E-state index in [1.54, 1.807) is 29.2 Å². The largest absolute Gasteiger partial charge is 0.481 e. The van der Waals surface area contributed by atoms with Crippen molar-refractivity contribution in [1.82, 2.24) is 0 Å². The third kappa shape index (κ3) is 3.32. The van der Waals surface area contributed by atoms with Gasteiger partial charge in [0.1, 0.15) is 0 Å². The molecule has 0 spiro atoms. The molecule has 1 heterocycles. The minimum atomic E-state index is -0.942. The summed E-state index contributed by atoms with van der Waals surface area (Å²) >= 11 is 0. The number of hydrogen-bond donors (Lipinski definition) is 2. The van der Waals surface area contributed by atoms with E-state index in [-0.39, 0.29) is 11.8 Å². The average Bonchev–Trinajstić information content (AvgIpc) is 3.01. The topological polar surface area (TPSA) is 86.7 Å². The number of hydrogen-bond acceptors (Lipinski definition) is 3. The molecule has 6 nitrogen and oxygen atoms in total. The monoisotopic (exact) mass is 328 g/mol. The lowest BCUT2D eigenvalue weighted by molar-refractivity contribution is -0.146. The van der Waals surface area contributed by atoms with Crippen LogP contribution in [0.3, 0.4) is 0 Å². The van der Waals surface area contributed by atoms with Gasteiger partial charge in [0, 0.05) is 24.3 Å². The lowest BCUT2D eigenvalue weighted by Crippen LogP contribution is -2.34. The van der Waals surface area contributed by atoms with Crippen molar-refractivity contribution in [3.05, 3.63) is 36.4 Å². The van der Waals surface area contributed by atoms with Crippen LogP contribution in [0.15, 0.2) is 36.4 Å². The van der Waals surface area contributed by atoms with Gasteiger partial charge < -0.3 is 15.3 Å². The fourth-order valence-electron chi connectivity index (χ4n) is 3.26. The Morgan fingerprint density at radius 1 is 1.08 bits per heavy atom. The normalized spacial score (nSPS) is 23.3. The summed E-state index contributed by atoms with van der Waals surface area (Å²) in [6.07, 6.45) is 5.91. The van der Waals surface area contributed by atoms with Crippen LogP contribution in [-0.4, -0.2) is 29.4 Å². The molecule has 1 aromatic carbocycles. The fraction of sp³-hybridized carbons (Fsp3) is 0.389. The van der Waals surface area contributed by atoms with Crippen molar-refractivity contribution in [3.8, 4) is 0 Å². The van der Waals surface area contributed by atoms with Crippen molar-refractivity contribution in [1.29, 1.82) is 0 Å². The Bertz CT molecular complexity index is 681. The molecule has 126 valence electrons. The second kappa shape index (κ2) is 6.86. The second-order valence-electron chi connectivity index (χ2n) is 6.18. The van der Waals surface area contributed by atoms with E-state index < -0.39 is 17.8 Å². The Labute approximate surface area is 140 Å². The standard InChI is InChI=1S/C18H20N2O4/c21-16-6-3-11-20(16)13-9-7-12(8-10-13)19-17(22)14-4-1-2-5-15(14)18(23)24/h1-2,7-10,14-15H,3-6,11H2,(H,19,22)(H,23,24)/t14-,15+/m0/s1. The van der Waals surface area contributed by atoms with Crippen molar-refractivity contribution < 1.29 is 19.5 Å². The van der Waals surface area contributed by atoms with Gasteiger partial charge in [-0.25, -0.2) is 0 Å². The molecule has 0 radical (unpaired) electrons. The summed E-state index contributed by atoms with van der Waals surface area (Å²) in [6, 6.07) is 7.09. The molecule has 0 aromatic heterocycles. The first kappa shape index (κ1) is 16.2. The number of benzene rings is 1. The van der Waals surface area contributed by atoms with Gasteiger partial charge in [0.05, 0.1) is 11.8 Å². The van der Waals surface area contributed by atoms with E-state index in [0.717, 1.165) is 18.7 Å². The van der Waals surface area contributed by atoms with Crippen LogP contribution >= 0.6 is 0 Å². The molecule has 2 aliphatic rings. The number of aliphatic carboxylic acids is 1. The molecule has 6 heteroatoms. The quantitative estimate of drug-likeness (QED) is 0.831. The number of nitrogens with one attached hydrogen (secondary N) is 1. The lowest BCUT2D eigenvalue weighted by atomic mass is 9.82. The van der Waals surface area contributed by atoms with Crippen LogP contribution in [-0.2, 0) is 14.4 Å². The first-order valence-corrected chi connectivity index (χ1v) is 8.15. The Morgan fingerprint density at radius 3 is 2.33 bits per heavy atom. The maximum atomic E-state index is 12.4. The highest BCUT2D eigenvalue weighted by atomic mass is 16.4. The van der Waals surface area contributed by atoms with E-state index in [1.165, 1.54) is 0 Å². The number of allylic oxidation sites excluding steroid dienone is 2. The van der Waals surface area contributed by atoms with Gasteiger partial charge in [0.2, 0.25) is 11.8 Å². The number of rotatable bonds is 4. The average molecular weight is 328 g/mol. The molecule has 1 fully saturated rings. The number of carboxylic acid groups (broad SMARTS) is 1. The highest BCUT2D eigenvalue weighted by molar-refractivity contribution is 5.97. The molecule has 0 unspecified atom stereocenters. The highest BCUT2D eigenvalue weighted by Gasteiger charge is 2.34. The van der Waals surface area contributed by atoms with Crippen molar-refractivity contribution in [2.75, 3.05) is 16.8 Å². The smallest absolute Gasteiger partial charge is 0.307 e. The van der Waals surface area contributed by atoms with Crippen molar-refractivity contribution in [2.24, 2.45) is 11.8 Å². The zero-order chi connectivity index (χ0) is 17.1. The van der Waals surface area contributed by atoms with Crippen molar-refractivity contribution in [2.45, 2.75) is 25.7 Å². The summed E-state index contributed by atoms with van der Waals surface area (Å²) in [5.74, 6) is -2.35. The van der Waals surface area contributed by atoms with Crippen LogP contribution in [0.2, 0.25) is 0 Å². The number of carbonyl (C=O) groups excluding carboxylic acids is 2. The zero-order valence-electron chi connectivity index (χ0n) is 13.3. The Balaban J connectivity index is 1.67. The number of amides is 2. The van der Waals surface area contributed by atoms with E-state index in [0.29, 0.717) is 24.9 Å². The molecule has 2 atom stereocenters. The first-order chi connectivity index (χ1) is 11.6. The first-order valence-electron chi connectivity index (χ1n) is 8.15. The van der Waals surface area contributed by atoms with Crippen LogP contribution in [0, 0.1) is 11.8 Å². The van der Waals surface area contributed by atoms with Gasteiger partial charge in [-0.05, 0) is 43.5 Å². The van der Waals surface area contributed by atoms with Crippen molar-refractivity contribution >= 4 is 29.2 Å². The Kier molecular flexibility index (Phi) is 4.64. The third-order valence-corrected chi connectivity index (χ3v) is 4.61. The molecule has 24 heavy (non-hydrogen) atoms. The van der Waals surface area contributed by atoms with Gasteiger partial charge in [-0.15, -0.1) is 0 Å². The van der Waals surface area contributed by atoms with Gasteiger partial charge in [-0.1, -0.05) is 12.2 Å². The molecular weight excluding hydrogens is 308 g/mol. The van der Waals surface area contributed by atoms with E-state index in [1.807, 2.05) is 12.2 Å². The Hall–Kier alpha value is -2.63. The van der Waals surface area contributed by atoms with Gasteiger partial charge in [-0.3, -0.25) is 14.4 Å². The number of carboxylic acids is 1. The summed E-state index contributed by atoms with van der Waals surface area (Å²) < 4.78 is 0. The maximum absolute atomic E-state index is 12.4. The lowest BCUT2D eigenvalue weighted by Gasteiger charge is -2.24. The highest BCUT2D eigenvalue weighted by Crippen LogP contribution is 2.28. The number of carbonyl (C=O) groups is 3. The van der Waals surface area contributed by atoms with Crippen LogP contribution in [0.1, 0.15) is 25.7 Å². The molecule has 2 amide bonds. The van der Waals surface area contributed by atoms with E-state index in [2.05, 4.69) is 5.32 Å². The number of anilines is 2. The summed E-state index contributed by atoms with van der Waals surface area (Å²) in [6.45, 7) is 0.721. The minimum Gasteiger partial charge on any atom is -0.481 e. The predicted molar refractivity (Wildman–Crippen MR) is 89.6 cm³/mol. The fourth-order valence-corrected chi connectivity index (χ4v) is 3.26. The van der Waals surface area contributed by atoms with Gasteiger partial charge in [0.25, 0.3) is 0 Å². The maximum Gasteiger partial charge on any atom is 0.307 e. The molecule has 0 bridgehead atoms. The molecule has 1 aliphatic heterocycles. The van der Waals surface area contributed by atoms with Crippen LogP contribution in [0.25, 0.3) is 0 Å². The second-order valence-corrected chi connectivity index (χ2v) is 6.18. The summed E-state index contributed by atoms with van der Waals surface area (Å²) in [4.78, 5) is 37.2. The molecule has 2 N–H and O–H groups in total. The summed E-state index contributed by atoms with van der Waals surface area (Å²) in [5.41, 5.74) is 1.42. The summed E-state index contributed by atoms with van der Waals surface area (Å²) in [5, 5.41) is 12.0. The summed E-state index contributed by atoms with van der Waals surface area (Å²) in [7, 11) is 0. The van der Waals surface area contributed by atoms with Gasteiger partial charge in [-0.2, -0.15) is 0 Å². The molecule has 3 rings (SSSR count). The number of nitrogens with zero attached hydrogens (tertiary/aromatic N) is 1. The van der Waals surface area contributed by atoms with Crippen LogP contribution < -0.4 is 10.2 Å². The van der Waals surface area contributed by atoms with Gasteiger partial charge >= 0.3 is 5.97 Å². The van der Waals surface area contributed by atoms with Gasteiger partial charge in [0.15, 0.2) is 0 Å². The molecule has 1 aliphatic carbocycles. The predicted octanol–water partition coefficient (Wildman–Crippen LogP) is 2.42. The zero-order valence-corrected chi connectivity index (χ0v) is 13.3. The van der Waals surface area contributed by atoms with E-state index in [9.17, 15) is 19.5 Å².